The summed E-state index contributed by atoms with van der Waals surface area (Å²) in [5, 5.41) is 9.12. The van der Waals surface area contributed by atoms with Gasteiger partial charge in [0.15, 0.2) is 0 Å². The van der Waals surface area contributed by atoms with Gasteiger partial charge in [0, 0.05) is 10.2 Å². The lowest BCUT2D eigenvalue weighted by atomic mass is 10.1. The van der Waals surface area contributed by atoms with Crippen LogP contribution in [0.1, 0.15) is 42.1 Å². The fraction of sp³-hybridized carbons (Fsp3) is 0.278. The predicted molar refractivity (Wildman–Crippen MR) is 102 cm³/mol. The van der Waals surface area contributed by atoms with E-state index >= 15 is 0 Å². The highest BCUT2D eigenvalue weighted by Gasteiger charge is 2.18. The minimum Gasteiger partial charge on any atom is -0.478 e. The van der Waals surface area contributed by atoms with Crippen molar-refractivity contribution in [1.29, 1.82) is 0 Å². The van der Waals surface area contributed by atoms with Crippen LogP contribution < -0.4 is 4.72 Å². The van der Waals surface area contributed by atoms with E-state index in [2.05, 4.69) is 27.6 Å². The minimum atomic E-state index is -3.85. The minimum absolute atomic E-state index is 0.0971. The fourth-order valence-electron chi connectivity index (χ4n) is 2.37. The van der Waals surface area contributed by atoms with Crippen LogP contribution in [0.15, 0.2) is 51.8 Å². The first-order valence-corrected chi connectivity index (χ1v) is 10.3. The summed E-state index contributed by atoms with van der Waals surface area (Å²) < 4.78 is 27.7. The summed E-state index contributed by atoms with van der Waals surface area (Å²) in [6.45, 7) is 2.15. The zero-order valence-electron chi connectivity index (χ0n) is 13.8. The summed E-state index contributed by atoms with van der Waals surface area (Å²) in [7, 11) is -3.85. The van der Waals surface area contributed by atoms with E-state index in [1.165, 1.54) is 18.6 Å². The van der Waals surface area contributed by atoms with Crippen LogP contribution in [0.4, 0.5) is 5.69 Å². The molecular formula is C18H20BrNO4S. The number of unbranched alkanes of at least 4 members (excludes halogenated alkanes) is 2. The second kappa shape index (κ2) is 8.49. The molecule has 0 spiro atoms. The van der Waals surface area contributed by atoms with Crippen molar-refractivity contribution < 1.29 is 18.3 Å². The maximum absolute atomic E-state index is 12.5. The Morgan fingerprint density at radius 1 is 1.12 bits per heavy atom. The maximum atomic E-state index is 12.5. The average molecular weight is 426 g/mol. The van der Waals surface area contributed by atoms with Gasteiger partial charge < -0.3 is 5.11 Å². The SMILES string of the molecule is CCCCCc1ccc(NS(=O)(=O)c2ccc(Br)c(C(=O)O)c2)cc1. The number of sulfonamides is 1. The number of nitrogens with one attached hydrogen (secondary N) is 1. The second-order valence-electron chi connectivity index (χ2n) is 5.71. The molecule has 134 valence electrons. The second-order valence-corrected chi connectivity index (χ2v) is 8.24. The van der Waals surface area contributed by atoms with E-state index in [1.807, 2.05) is 12.1 Å². The van der Waals surface area contributed by atoms with Gasteiger partial charge in [-0.05, 0) is 64.7 Å². The maximum Gasteiger partial charge on any atom is 0.336 e. The molecule has 0 atom stereocenters. The molecule has 2 rings (SSSR count). The van der Waals surface area contributed by atoms with Gasteiger partial charge in [-0.25, -0.2) is 13.2 Å². The number of hydrogen-bond donors (Lipinski definition) is 2. The van der Waals surface area contributed by atoms with Gasteiger partial charge in [-0.15, -0.1) is 0 Å². The first-order valence-electron chi connectivity index (χ1n) is 7.98. The predicted octanol–water partition coefficient (Wildman–Crippen LogP) is 4.68. The monoisotopic (exact) mass is 425 g/mol. The smallest absolute Gasteiger partial charge is 0.336 e. The number of anilines is 1. The Hall–Kier alpha value is -1.86. The molecule has 7 heteroatoms. The Balaban J connectivity index is 2.16. The van der Waals surface area contributed by atoms with E-state index < -0.39 is 16.0 Å². The molecule has 2 N–H and O–H groups in total. The molecule has 5 nitrogen and oxygen atoms in total. The molecule has 0 aromatic heterocycles. The molecule has 0 aliphatic carbocycles. The number of carboxylic acids is 1. The van der Waals surface area contributed by atoms with E-state index in [9.17, 15) is 13.2 Å². The Morgan fingerprint density at radius 2 is 1.80 bits per heavy atom. The normalized spacial score (nSPS) is 11.3. The van der Waals surface area contributed by atoms with Crippen molar-refractivity contribution in [3.8, 4) is 0 Å². The molecule has 25 heavy (non-hydrogen) atoms. The van der Waals surface area contributed by atoms with Crippen LogP contribution in [0.5, 0.6) is 0 Å². The van der Waals surface area contributed by atoms with E-state index in [4.69, 9.17) is 5.11 Å². The van der Waals surface area contributed by atoms with Gasteiger partial charge in [0.25, 0.3) is 10.0 Å². The molecule has 0 heterocycles. The van der Waals surface area contributed by atoms with Crippen LogP contribution >= 0.6 is 15.9 Å². The Labute approximate surface area is 156 Å². The highest BCUT2D eigenvalue weighted by atomic mass is 79.9. The third kappa shape index (κ3) is 5.31. The van der Waals surface area contributed by atoms with Gasteiger partial charge >= 0.3 is 5.97 Å². The zero-order valence-corrected chi connectivity index (χ0v) is 16.2. The van der Waals surface area contributed by atoms with E-state index in [0.29, 0.717) is 10.2 Å². The summed E-state index contributed by atoms with van der Waals surface area (Å²) in [5.41, 5.74) is 1.50. The van der Waals surface area contributed by atoms with Crippen LogP contribution in [0.3, 0.4) is 0 Å². The van der Waals surface area contributed by atoms with Gasteiger partial charge in [0.05, 0.1) is 10.5 Å². The fourth-order valence-corrected chi connectivity index (χ4v) is 3.87. The van der Waals surface area contributed by atoms with Crippen molar-refractivity contribution in [2.24, 2.45) is 0 Å². The summed E-state index contributed by atoms with van der Waals surface area (Å²) in [5.74, 6) is -1.19. The number of halogens is 1. The number of aromatic carboxylic acids is 1. The number of rotatable bonds is 8. The van der Waals surface area contributed by atoms with Crippen molar-refractivity contribution in [2.75, 3.05) is 4.72 Å². The quantitative estimate of drug-likeness (QED) is 0.601. The van der Waals surface area contributed by atoms with Crippen molar-refractivity contribution >= 4 is 37.6 Å². The number of hydrogen-bond acceptors (Lipinski definition) is 3. The third-order valence-corrected chi connectivity index (χ3v) is 5.82. The molecule has 0 saturated carbocycles. The number of aryl methyl sites for hydroxylation is 1. The Morgan fingerprint density at radius 3 is 2.40 bits per heavy atom. The molecule has 0 aliphatic heterocycles. The molecule has 0 saturated heterocycles. The van der Waals surface area contributed by atoms with Crippen LogP contribution in [0, 0.1) is 0 Å². The van der Waals surface area contributed by atoms with Crippen LogP contribution in [-0.2, 0) is 16.4 Å². The molecule has 2 aromatic carbocycles. The highest BCUT2D eigenvalue weighted by Crippen LogP contribution is 2.23. The lowest BCUT2D eigenvalue weighted by Crippen LogP contribution is -2.14. The van der Waals surface area contributed by atoms with E-state index in [1.54, 1.807) is 12.1 Å². The summed E-state index contributed by atoms with van der Waals surface area (Å²) in [6, 6.07) is 11.1. The van der Waals surface area contributed by atoms with Crippen molar-refractivity contribution in [2.45, 2.75) is 37.5 Å². The number of carbonyl (C=O) groups is 1. The van der Waals surface area contributed by atoms with Gasteiger partial charge in [-0.2, -0.15) is 0 Å². The molecule has 2 aromatic rings. The van der Waals surface area contributed by atoms with Gasteiger partial charge in [-0.1, -0.05) is 31.9 Å². The van der Waals surface area contributed by atoms with E-state index in [0.717, 1.165) is 30.9 Å². The Kier molecular flexibility index (Phi) is 6.61. The van der Waals surface area contributed by atoms with Crippen LogP contribution in [0.25, 0.3) is 0 Å². The Bertz CT molecular complexity index is 848. The standard InChI is InChI=1S/C18H20BrNO4S/c1-2-3-4-5-13-6-8-14(9-7-13)20-25(23,24)15-10-11-17(19)16(12-15)18(21)22/h6-12,20H,2-5H2,1H3,(H,21,22). The summed E-state index contributed by atoms with van der Waals surface area (Å²) in [4.78, 5) is 11.1. The third-order valence-electron chi connectivity index (χ3n) is 3.75. The molecule has 0 radical (unpaired) electrons. The van der Waals surface area contributed by atoms with Crippen LogP contribution in [-0.4, -0.2) is 19.5 Å². The lowest BCUT2D eigenvalue weighted by molar-refractivity contribution is 0.0695. The van der Waals surface area contributed by atoms with Gasteiger partial charge in [0.2, 0.25) is 0 Å². The number of carboxylic acid groups (broad SMARTS) is 1. The molecule has 0 fully saturated rings. The lowest BCUT2D eigenvalue weighted by Gasteiger charge is -2.10. The van der Waals surface area contributed by atoms with Gasteiger partial charge in [-0.3, -0.25) is 4.72 Å². The molecular weight excluding hydrogens is 406 g/mol. The molecule has 0 unspecified atom stereocenters. The number of benzene rings is 2. The van der Waals surface area contributed by atoms with Crippen molar-refractivity contribution in [3.05, 3.63) is 58.1 Å². The van der Waals surface area contributed by atoms with E-state index in [-0.39, 0.29) is 10.5 Å². The molecule has 0 amide bonds. The molecule has 0 aliphatic rings. The first kappa shape index (κ1) is 19.5. The van der Waals surface area contributed by atoms with Gasteiger partial charge in [0.1, 0.15) is 0 Å². The van der Waals surface area contributed by atoms with Crippen molar-refractivity contribution in [3.63, 3.8) is 0 Å². The zero-order chi connectivity index (χ0) is 18.4. The summed E-state index contributed by atoms with van der Waals surface area (Å²) >= 11 is 3.10. The van der Waals surface area contributed by atoms with Crippen LogP contribution in [0.2, 0.25) is 0 Å². The molecule has 0 bridgehead atoms. The first-order chi connectivity index (χ1) is 11.8. The van der Waals surface area contributed by atoms with Crippen molar-refractivity contribution in [1.82, 2.24) is 0 Å². The largest absolute Gasteiger partial charge is 0.478 e. The summed E-state index contributed by atoms with van der Waals surface area (Å²) in [6.07, 6.45) is 4.40. The average Bonchev–Trinajstić information content (AvgIpc) is 2.56. The highest BCUT2D eigenvalue weighted by molar-refractivity contribution is 9.10. The topological polar surface area (TPSA) is 83.5 Å².